The summed E-state index contributed by atoms with van der Waals surface area (Å²) in [7, 11) is 1.58. The lowest BCUT2D eigenvalue weighted by Gasteiger charge is -2.33. The Morgan fingerprint density at radius 1 is 1.18 bits per heavy atom. The Kier molecular flexibility index (Phi) is 9.13. The predicted octanol–water partition coefficient (Wildman–Crippen LogP) is 4.18. The largest absolute Gasteiger partial charge is 0.495 e. The third kappa shape index (κ3) is 5.80. The molecule has 0 saturated carbocycles. The Bertz CT molecular complexity index is 1160. The minimum atomic E-state index is 0. The summed E-state index contributed by atoms with van der Waals surface area (Å²) in [5.74, 6) is 2.03. The van der Waals surface area contributed by atoms with Crippen molar-refractivity contribution < 1.29 is 14.6 Å². The number of fused-ring (bicyclic) bond motifs is 1. The third-order valence-electron chi connectivity index (χ3n) is 5.75. The van der Waals surface area contributed by atoms with Gasteiger partial charge < -0.3 is 24.8 Å². The molecule has 4 rings (SSSR count). The quantitative estimate of drug-likeness (QED) is 0.471. The molecule has 0 unspecified atom stereocenters. The summed E-state index contributed by atoms with van der Waals surface area (Å²) in [4.78, 5) is 2.20. The average molecular weight is 504 g/mol. The second kappa shape index (κ2) is 12.0. The second-order valence-corrected chi connectivity index (χ2v) is 8.25. The first-order valence-corrected chi connectivity index (χ1v) is 11.2. The number of aliphatic hydroxyl groups is 1. The molecule has 0 aliphatic carbocycles. The maximum absolute atomic E-state index is 9.42. The SMILES string of the molecule is COc1ccc(CNc2nnc(N3CCC(OCCO)CC3)c3ccc(C#N)cc23)cc1Cl.Cl. The molecule has 0 bridgehead atoms. The number of hydrogen-bond donors (Lipinski definition) is 2. The van der Waals surface area contributed by atoms with E-state index >= 15 is 0 Å². The third-order valence-corrected chi connectivity index (χ3v) is 6.05. The van der Waals surface area contributed by atoms with Crippen molar-refractivity contribution in [3.63, 3.8) is 0 Å². The van der Waals surface area contributed by atoms with Crippen LogP contribution in [0.4, 0.5) is 11.6 Å². The predicted molar refractivity (Wildman–Crippen MR) is 135 cm³/mol. The Balaban J connectivity index is 0.00000324. The maximum Gasteiger partial charge on any atom is 0.159 e. The smallest absolute Gasteiger partial charge is 0.159 e. The van der Waals surface area contributed by atoms with Gasteiger partial charge in [-0.1, -0.05) is 17.7 Å². The summed E-state index contributed by atoms with van der Waals surface area (Å²) in [5, 5.41) is 33.1. The summed E-state index contributed by atoms with van der Waals surface area (Å²) >= 11 is 6.25. The molecule has 1 aliphatic rings. The Hall–Kier alpha value is -2.83. The highest BCUT2D eigenvalue weighted by molar-refractivity contribution is 6.32. The van der Waals surface area contributed by atoms with Crippen LogP contribution in [-0.4, -0.2) is 54.8 Å². The van der Waals surface area contributed by atoms with Gasteiger partial charge in [-0.15, -0.1) is 22.6 Å². The fourth-order valence-electron chi connectivity index (χ4n) is 4.03. The van der Waals surface area contributed by atoms with Gasteiger partial charge in [-0.2, -0.15) is 5.26 Å². The van der Waals surface area contributed by atoms with Gasteiger partial charge in [0.15, 0.2) is 11.6 Å². The van der Waals surface area contributed by atoms with Crippen LogP contribution >= 0.6 is 24.0 Å². The van der Waals surface area contributed by atoms with Crippen molar-refractivity contribution in [1.82, 2.24) is 10.2 Å². The van der Waals surface area contributed by atoms with Crippen molar-refractivity contribution in [3.05, 3.63) is 52.5 Å². The molecule has 34 heavy (non-hydrogen) atoms. The van der Waals surface area contributed by atoms with E-state index in [2.05, 4.69) is 26.5 Å². The zero-order chi connectivity index (χ0) is 23.2. The number of anilines is 2. The zero-order valence-electron chi connectivity index (χ0n) is 18.8. The van der Waals surface area contributed by atoms with Crippen LogP contribution in [0.1, 0.15) is 24.0 Å². The van der Waals surface area contributed by atoms with Crippen molar-refractivity contribution in [2.24, 2.45) is 0 Å². The molecule has 1 fully saturated rings. The van der Waals surface area contributed by atoms with Crippen LogP contribution in [0, 0.1) is 11.3 Å². The van der Waals surface area contributed by atoms with Crippen LogP contribution in [0.15, 0.2) is 36.4 Å². The first-order chi connectivity index (χ1) is 16.1. The van der Waals surface area contributed by atoms with E-state index in [4.69, 9.17) is 26.2 Å². The normalized spacial score (nSPS) is 13.9. The van der Waals surface area contributed by atoms with Crippen LogP contribution in [0.5, 0.6) is 5.75 Å². The van der Waals surface area contributed by atoms with E-state index in [1.54, 1.807) is 13.2 Å². The molecule has 10 heteroatoms. The standard InChI is InChI=1S/C24H26ClN5O3.ClH/c1-32-22-5-3-17(13-21(22)25)15-27-23-20-12-16(14-26)2-4-19(20)24(29-28-23)30-8-6-18(7-9-30)33-11-10-31;/h2-5,12-13,18,31H,6-11,15H2,1H3,(H,27,28);1H. The lowest BCUT2D eigenvalue weighted by atomic mass is 10.1. The number of nitrogens with zero attached hydrogens (tertiary/aromatic N) is 4. The van der Waals surface area contributed by atoms with Crippen molar-refractivity contribution in [2.45, 2.75) is 25.5 Å². The summed E-state index contributed by atoms with van der Waals surface area (Å²) in [6.07, 6.45) is 1.87. The van der Waals surface area contributed by atoms with Gasteiger partial charge in [0.05, 0.1) is 43.1 Å². The summed E-state index contributed by atoms with van der Waals surface area (Å²) in [6, 6.07) is 13.4. The van der Waals surface area contributed by atoms with Crippen LogP contribution < -0.4 is 15.0 Å². The van der Waals surface area contributed by atoms with Gasteiger partial charge in [-0.25, -0.2) is 0 Å². The minimum absolute atomic E-state index is 0. The summed E-state index contributed by atoms with van der Waals surface area (Å²) < 4.78 is 10.9. The Labute approximate surface area is 209 Å². The van der Waals surface area contributed by atoms with E-state index in [0.29, 0.717) is 35.3 Å². The van der Waals surface area contributed by atoms with Crippen molar-refractivity contribution >= 4 is 46.4 Å². The monoisotopic (exact) mass is 503 g/mol. The molecular weight excluding hydrogens is 477 g/mol. The average Bonchev–Trinajstić information content (AvgIpc) is 2.86. The summed E-state index contributed by atoms with van der Waals surface area (Å²) in [5.41, 5.74) is 1.54. The molecular formula is C24H27Cl2N5O3. The number of methoxy groups -OCH3 is 1. The van der Waals surface area contributed by atoms with Crippen molar-refractivity contribution in [1.29, 1.82) is 5.26 Å². The first kappa shape index (κ1) is 25.8. The highest BCUT2D eigenvalue weighted by Gasteiger charge is 2.23. The maximum atomic E-state index is 9.42. The number of hydrogen-bond acceptors (Lipinski definition) is 8. The molecule has 2 N–H and O–H groups in total. The van der Waals surface area contributed by atoms with Crippen LogP contribution in [-0.2, 0) is 11.3 Å². The Morgan fingerprint density at radius 2 is 1.97 bits per heavy atom. The highest BCUT2D eigenvalue weighted by Crippen LogP contribution is 2.32. The minimum Gasteiger partial charge on any atom is -0.495 e. The fraction of sp³-hybridized carbons (Fsp3) is 0.375. The van der Waals surface area contributed by atoms with Crippen molar-refractivity contribution in [3.8, 4) is 11.8 Å². The van der Waals surface area contributed by atoms with Gasteiger partial charge in [-0.3, -0.25) is 0 Å². The van der Waals surface area contributed by atoms with E-state index < -0.39 is 0 Å². The molecule has 2 aromatic carbocycles. The molecule has 8 nitrogen and oxygen atoms in total. The summed E-state index contributed by atoms with van der Waals surface area (Å²) in [6.45, 7) is 2.48. The molecule has 3 aromatic rings. The number of nitrogens with one attached hydrogen (secondary N) is 1. The number of aliphatic hydroxyl groups excluding tert-OH is 1. The van der Waals surface area contributed by atoms with E-state index in [9.17, 15) is 5.26 Å². The number of rotatable bonds is 8. The molecule has 0 atom stereocenters. The van der Waals surface area contributed by atoms with E-state index in [-0.39, 0.29) is 25.1 Å². The molecule has 1 aliphatic heterocycles. The van der Waals surface area contributed by atoms with E-state index in [1.165, 1.54) is 0 Å². The number of piperidine rings is 1. The number of benzene rings is 2. The molecule has 0 spiro atoms. The van der Waals surface area contributed by atoms with Gasteiger partial charge in [0.2, 0.25) is 0 Å². The molecule has 2 heterocycles. The number of nitriles is 1. The lowest BCUT2D eigenvalue weighted by molar-refractivity contribution is 0.0158. The van der Waals surface area contributed by atoms with Crippen molar-refractivity contribution in [2.75, 3.05) is 43.6 Å². The van der Waals surface area contributed by atoms with Gasteiger partial charge in [0, 0.05) is 30.4 Å². The van der Waals surface area contributed by atoms with Gasteiger partial charge in [-0.05, 0) is 48.7 Å². The lowest BCUT2D eigenvalue weighted by Crippen LogP contribution is -2.38. The second-order valence-electron chi connectivity index (χ2n) is 7.85. The van der Waals surface area contributed by atoms with Crippen LogP contribution in [0.25, 0.3) is 10.8 Å². The highest BCUT2D eigenvalue weighted by atomic mass is 35.5. The number of ether oxygens (including phenoxy) is 2. The first-order valence-electron chi connectivity index (χ1n) is 10.9. The molecule has 0 amide bonds. The fourth-order valence-corrected chi connectivity index (χ4v) is 4.31. The molecule has 180 valence electrons. The number of halogens is 2. The molecule has 0 radical (unpaired) electrons. The van der Waals surface area contributed by atoms with Gasteiger partial charge in [0.25, 0.3) is 0 Å². The molecule has 1 aromatic heterocycles. The number of aromatic nitrogens is 2. The molecule has 1 saturated heterocycles. The van der Waals surface area contributed by atoms with Crippen LogP contribution in [0.3, 0.4) is 0 Å². The topological polar surface area (TPSA) is 104 Å². The van der Waals surface area contributed by atoms with Gasteiger partial charge >= 0.3 is 0 Å². The Morgan fingerprint density at radius 3 is 2.65 bits per heavy atom. The zero-order valence-corrected chi connectivity index (χ0v) is 20.4. The van der Waals surface area contributed by atoms with Crippen LogP contribution in [0.2, 0.25) is 5.02 Å². The van der Waals surface area contributed by atoms with Gasteiger partial charge in [0.1, 0.15) is 5.75 Å². The van der Waals surface area contributed by atoms with E-state index in [0.717, 1.165) is 48.1 Å². The van der Waals surface area contributed by atoms with E-state index in [1.807, 2.05) is 30.3 Å².